The van der Waals surface area contributed by atoms with Gasteiger partial charge in [0, 0.05) is 31.2 Å². The Morgan fingerprint density at radius 3 is 2.71 bits per heavy atom. The lowest BCUT2D eigenvalue weighted by atomic mass is 10.1. The number of nitrogens with two attached hydrogens (primary N) is 1. The summed E-state index contributed by atoms with van der Waals surface area (Å²) in [5, 5.41) is 0. The molecular formula is C17H24FN3. The molecule has 1 aromatic carbocycles. The molecule has 1 saturated heterocycles. The van der Waals surface area contributed by atoms with Gasteiger partial charge in [-0.15, -0.1) is 0 Å². The maximum Gasteiger partial charge on any atom is 0.124 e. The highest BCUT2D eigenvalue weighted by molar-refractivity contribution is 5.38. The summed E-state index contributed by atoms with van der Waals surface area (Å²) < 4.78 is 13.7. The zero-order valence-electron chi connectivity index (χ0n) is 13.1. The number of rotatable bonds is 3. The van der Waals surface area contributed by atoms with Gasteiger partial charge in [-0.1, -0.05) is 18.8 Å². The first-order valence-corrected chi connectivity index (χ1v) is 7.36. The summed E-state index contributed by atoms with van der Waals surface area (Å²) in [6.07, 6.45) is 0. The molecule has 1 aromatic rings. The molecule has 0 spiro atoms. The number of hydrogen-bond acceptors (Lipinski definition) is 3. The summed E-state index contributed by atoms with van der Waals surface area (Å²) in [5.41, 5.74) is 7.04. The molecule has 2 atom stereocenters. The van der Waals surface area contributed by atoms with Crippen molar-refractivity contribution in [2.75, 3.05) is 33.7 Å². The number of nitrogens with zero attached hydrogens (tertiary/aromatic N) is 2. The van der Waals surface area contributed by atoms with Gasteiger partial charge in [-0.3, -0.25) is 4.90 Å². The highest BCUT2D eigenvalue weighted by Crippen LogP contribution is 2.22. The van der Waals surface area contributed by atoms with Gasteiger partial charge >= 0.3 is 0 Å². The quantitative estimate of drug-likeness (QED) is 0.856. The van der Waals surface area contributed by atoms with Gasteiger partial charge < -0.3 is 10.6 Å². The average molecular weight is 289 g/mol. The van der Waals surface area contributed by atoms with Crippen molar-refractivity contribution in [3.63, 3.8) is 0 Å². The molecule has 2 unspecified atom stereocenters. The molecule has 0 bridgehead atoms. The van der Waals surface area contributed by atoms with Crippen LogP contribution in [0.5, 0.6) is 0 Å². The predicted octanol–water partition coefficient (Wildman–Crippen LogP) is 1.52. The van der Waals surface area contributed by atoms with Crippen LogP contribution in [0.4, 0.5) is 4.39 Å². The normalized spacial score (nSPS) is 22.4. The molecule has 2 N–H and O–H groups in total. The molecule has 0 aliphatic carbocycles. The molecule has 114 valence electrons. The first kappa shape index (κ1) is 16.0. The zero-order valence-corrected chi connectivity index (χ0v) is 13.1. The van der Waals surface area contributed by atoms with E-state index >= 15 is 0 Å². The van der Waals surface area contributed by atoms with E-state index in [0.29, 0.717) is 24.1 Å². The molecule has 3 nitrogen and oxygen atoms in total. The smallest absolute Gasteiger partial charge is 0.124 e. The second-order valence-electron chi connectivity index (χ2n) is 6.06. The van der Waals surface area contributed by atoms with Crippen molar-refractivity contribution in [2.45, 2.75) is 19.5 Å². The van der Waals surface area contributed by atoms with Gasteiger partial charge in [0.2, 0.25) is 0 Å². The number of halogens is 1. The van der Waals surface area contributed by atoms with Crippen molar-refractivity contribution in [1.29, 1.82) is 0 Å². The lowest BCUT2D eigenvalue weighted by Gasteiger charge is -2.22. The third-order valence-corrected chi connectivity index (χ3v) is 4.01. The Balaban J connectivity index is 2.08. The van der Waals surface area contributed by atoms with Crippen LogP contribution in [0.2, 0.25) is 0 Å². The average Bonchev–Trinajstić information content (AvgIpc) is 2.76. The van der Waals surface area contributed by atoms with Gasteiger partial charge in [0.25, 0.3) is 0 Å². The van der Waals surface area contributed by atoms with Crippen molar-refractivity contribution in [1.82, 2.24) is 9.80 Å². The summed E-state index contributed by atoms with van der Waals surface area (Å²) in [5.74, 6) is 6.08. The summed E-state index contributed by atoms with van der Waals surface area (Å²) in [4.78, 5) is 4.65. The van der Waals surface area contributed by atoms with Crippen molar-refractivity contribution in [2.24, 2.45) is 11.7 Å². The largest absolute Gasteiger partial charge is 0.320 e. The van der Waals surface area contributed by atoms with Gasteiger partial charge in [0.05, 0.1) is 6.54 Å². The van der Waals surface area contributed by atoms with Crippen molar-refractivity contribution in [3.8, 4) is 11.8 Å². The van der Waals surface area contributed by atoms with Crippen LogP contribution in [0.15, 0.2) is 18.2 Å². The first-order chi connectivity index (χ1) is 9.99. The minimum atomic E-state index is -0.231. The molecular weight excluding hydrogens is 265 g/mol. The van der Waals surface area contributed by atoms with Crippen molar-refractivity contribution < 1.29 is 4.39 Å². The lowest BCUT2D eigenvalue weighted by molar-refractivity contribution is 0.250. The second kappa shape index (κ2) is 7.04. The fraction of sp³-hybridized carbons (Fsp3) is 0.529. The van der Waals surface area contributed by atoms with Gasteiger partial charge in [-0.05, 0) is 43.8 Å². The summed E-state index contributed by atoms with van der Waals surface area (Å²) >= 11 is 0. The Hall–Kier alpha value is -1.41. The fourth-order valence-electron chi connectivity index (χ4n) is 3.07. The molecule has 4 heteroatoms. The van der Waals surface area contributed by atoms with Gasteiger partial charge in [0.1, 0.15) is 5.82 Å². The molecule has 2 rings (SSSR count). The summed E-state index contributed by atoms with van der Waals surface area (Å²) in [7, 11) is 4.24. The molecule has 1 aliphatic heterocycles. The maximum absolute atomic E-state index is 13.7. The third kappa shape index (κ3) is 4.28. The van der Waals surface area contributed by atoms with Gasteiger partial charge in [0.15, 0.2) is 0 Å². The van der Waals surface area contributed by atoms with Crippen molar-refractivity contribution in [3.05, 3.63) is 35.1 Å². The Morgan fingerprint density at radius 2 is 2.10 bits per heavy atom. The van der Waals surface area contributed by atoms with Crippen LogP contribution in [0.1, 0.15) is 18.1 Å². The second-order valence-corrected chi connectivity index (χ2v) is 6.06. The highest BCUT2D eigenvalue weighted by atomic mass is 19.1. The van der Waals surface area contributed by atoms with Crippen LogP contribution < -0.4 is 5.73 Å². The Bertz CT molecular complexity index is 545. The molecule has 0 aromatic heterocycles. The van der Waals surface area contributed by atoms with E-state index in [1.807, 2.05) is 6.07 Å². The maximum atomic E-state index is 13.7. The third-order valence-electron chi connectivity index (χ3n) is 4.01. The standard InChI is InChI=1S/C17H24FN3/c1-13-10-21(12-17(13)20(2)3)11-15-7-14(5-4-6-19)8-16(18)9-15/h7-9,13,17H,6,10-12,19H2,1-3H3. The van der Waals surface area contributed by atoms with E-state index in [1.54, 1.807) is 6.07 Å². The topological polar surface area (TPSA) is 32.5 Å². The molecule has 1 heterocycles. The monoisotopic (exact) mass is 289 g/mol. The SMILES string of the molecule is CC1CN(Cc2cc(F)cc(C#CCN)c2)CC1N(C)C. The van der Waals surface area contributed by atoms with Crippen LogP contribution in [0.25, 0.3) is 0 Å². The summed E-state index contributed by atoms with van der Waals surface area (Å²) in [6.45, 7) is 5.40. The zero-order chi connectivity index (χ0) is 15.4. The van der Waals surface area contributed by atoms with Crippen molar-refractivity contribution >= 4 is 0 Å². The van der Waals surface area contributed by atoms with E-state index in [4.69, 9.17) is 5.73 Å². The Labute approximate surface area is 126 Å². The Kier molecular flexibility index (Phi) is 5.35. The molecule has 0 saturated carbocycles. The minimum Gasteiger partial charge on any atom is -0.320 e. The van der Waals surface area contributed by atoms with E-state index in [9.17, 15) is 4.39 Å². The van der Waals surface area contributed by atoms with E-state index in [1.165, 1.54) is 6.07 Å². The van der Waals surface area contributed by atoms with Gasteiger partial charge in [-0.2, -0.15) is 0 Å². The first-order valence-electron chi connectivity index (χ1n) is 7.36. The molecule has 0 radical (unpaired) electrons. The minimum absolute atomic E-state index is 0.231. The predicted molar refractivity (Wildman–Crippen MR) is 84.2 cm³/mol. The van der Waals surface area contributed by atoms with E-state index < -0.39 is 0 Å². The van der Waals surface area contributed by atoms with Crippen LogP contribution in [0.3, 0.4) is 0 Å². The van der Waals surface area contributed by atoms with Crippen LogP contribution in [-0.2, 0) is 6.54 Å². The number of benzene rings is 1. The highest BCUT2D eigenvalue weighted by Gasteiger charge is 2.30. The summed E-state index contributed by atoms with van der Waals surface area (Å²) in [6, 6.07) is 5.58. The molecule has 1 aliphatic rings. The van der Waals surface area contributed by atoms with E-state index in [2.05, 4.69) is 42.7 Å². The number of likely N-dealkylation sites (N-methyl/N-ethyl adjacent to an activating group) is 1. The van der Waals surface area contributed by atoms with E-state index in [0.717, 1.165) is 25.2 Å². The van der Waals surface area contributed by atoms with E-state index in [-0.39, 0.29) is 5.82 Å². The molecule has 21 heavy (non-hydrogen) atoms. The van der Waals surface area contributed by atoms with Crippen LogP contribution >= 0.6 is 0 Å². The molecule has 0 amide bonds. The number of likely N-dealkylation sites (tertiary alicyclic amines) is 1. The van der Waals surface area contributed by atoms with Gasteiger partial charge in [-0.25, -0.2) is 4.39 Å². The molecule has 1 fully saturated rings. The van der Waals surface area contributed by atoms with Crippen LogP contribution in [-0.4, -0.2) is 49.6 Å². The lowest BCUT2D eigenvalue weighted by Crippen LogP contribution is -2.34. The number of hydrogen-bond donors (Lipinski definition) is 1. The fourth-order valence-corrected chi connectivity index (χ4v) is 3.07. The van der Waals surface area contributed by atoms with Crippen LogP contribution in [0, 0.1) is 23.6 Å². The Morgan fingerprint density at radius 1 is 1.33 bits per heavy atom.